The summed E-state index contributed by atoms with van der Waals surface area (Å²) in [5, 5.41) is 8.61. The monoisotopic (exact) mass is 349 g/mol. The molecule has 1 aromatic carbocycles. The Morgan fingerprint density at radius 3 is 2.96 bits per heavy atom. The molecule has 0 saturated heterocycles. The van der Waals surface area contributed by atoms with E-state index in [2.05, 4.69) is 20.2 Å². The van der Waals surface area contributed by atoms with Crippen molar-refractivity contribution in [1.82, 2.24) is 25.1 Å². The van der Waals surface area contributed by atoms with E-state index in [-0.39, 0.29) is 11.8 Å². The summed E-state index contributed by atoms with van der Waals surface area (Å²) in [6, 6.07) is 9.25. The smallest absolute Gasteiger partial charge is 0.312 e. The normalized spacial score (nSPS) is 16.8. The SMILES string of the molecule is Cc1nnc(C(=O)N2CCc3[nH]cnc3[C@H]2c2cc3ccccc3o2)o1. The molecule has 1 aliphatic rings. The van der Waals surface area contributed by atoms with Crippen molar-refractivity contribution < 1.29 is 13.6 Å². The molecule has 4 aromatic rings. The maximum Gasteiger partial charge on any atom is 0.312 e. The van der Waals surface area contributed by atoms with Crippen LogP contribution in [0.25, 0.3) is 11.0 Å². The van der Waals surface area contributed by atoms with E-state index in [1.165, 1.54) is 0 Å². The minimum atomic E-state index is -0.447. The van der Waals surface area contributed by atoms with Gasteiger partial charge in [0.25, 0.3) is 0 Å². The first kappa shape index (κ1) is 14.9. The highest BCUT2D eigenvalue weighted by Crippen LogP contribution is 2.36. The minimum Gasteiger partial charge on any atom is -0.458 e. The number of para-hydroxylation sites is 1. The molecule has 0 fully saturated rings. The predicted octanol–water partition coefficient (Wildman–Crippen LogP) is 2.64. The number of nitrogens with one attached hydrogen (secondary N) is 1. The fourth-order valence-corrected chi connectivity index (χ4v) is 3.43. The van der Waals surface area contributed by atoms with Crippen LogP contribution in [0.2, 0.25) is 0 Å². The molecule has 3 aromatic heterocycles. The highest BCUT2D eigenvalue weighted by atomic mass is 16.4. The lowest BCUT2D eigenvalue weighted by atomic mass is 10.00. The summed E-state index contributed by atoms with van der Waals surface area (Å²) in [6.45, 7) is 2.15. The van der Waals surface area contributed by atoms with Crippen LogP contribution in [0.15, 0.2) is 45.5 Å². The zero-order valence-electron chi connectivity index (χ0n) is 14.0. The van der Waals surface area contributed by atoms with Crippen molar-refractivity contribution in [2.75, 3.05) is 6.54 Å². The van der Waals surface area contributed by atoms with Crippen LogP contribution in [-0.2, 0) is 6.42 Å². The van der Waals surface area contributed by atoms with Crippen LogP contribution in [0.3, 0.4) is 0 Å². The summed E-state index contributed by atoms with van der Waals surface area (Å²) < 4.78 is 11.4. The number of aromatic nitrogens is 4. The fraction of sp³-hybridized carbons (Fsp3) is 0.222. The van der Waals surface area contributed by atoms with E-state index in [9.17, 15) is 4.79 Å². The Kier molecular flexibility index (Phi) is 3.18. The van der Waals surface area contributed by atoms with Crippen LogP contribution < -0.4 is 0 Å². The van der Waals surface area contributed by atoms with E-state index < -0.39 is 6.04 Å². The molecule has 0 spiro atoms. The standard InChI is InChI=1S/C18H15N5O3/c1-10-21-22-17(25-10)18(24)23-7-6-12-15(20-9-19-12)16(23)14-8-11-4-2-3-5-13(11)26-14/h2-5,8-9,16H,6-7H2,1H3,(H,19,20)/t16-/m1/s1. The summed E-state index contributed by atoms with van der Waals surface area (Å²) in [4.78, 5) is 22.3. The Hall–Kier alpha value is -3.42. The van der Waals surface area contributed by atoms with Crippen LogP contribution in [0.1, 0.15) is 39.8 Å². The number of carbonyl (C=O) groups is 1. The second-order valence-corrected chi connectivity index (χ2v) is 6.23. The van der Waals surface area contributed by atoms with E-state index in [1.807, 2.05) is 30.3 Å². The van der Waals surface area contributed by atoms with E-state index in [0.717, 1.165) is 22.4 Å². The Labute approximate surface area is 147 Å². The van der Waals surface area contributed by atoms with Crippen molar-refractivity contribution in [3.63, 3.8) is 0 Å². The number of furan rings is 1. The average Bonchev–Trinajstić information content (AvgIpc) is 3.38. The topological polar surface area (TPSA) is 101 Å². The van der Waals surface area contributed by atoms with Gasteiger partial charge in [-0.1, -0.05) is 18.2 Å². The summed E-state index contributed by atoms with van der Waals surface area (Å²) in [5.41, 5.74) is 2.55. The van der Waals surface area contributed by atoms with Gasteiger partial charge >= 0.3 is 11.8 Å². The number of amides is 1. The summed E-state index contributed by atoms with van der Waals surface area (Å²) in [6.07, 6.45) is 2.32. The van der Waals surface area contributed by atoms with Gasteiger partial charge < -0.3 is 18.7 Å². The number of hydrogen-bond acceptors (Lipinski definition) is 6. The molecule has 0 saturated carbocycles. The number of aryl methyl sites for hydroxylation is 1. The first-order valence-electron chi connectivity index (χ1n) is 8.32. The average molecular weight is 349 g/mol. The quantitative estimate of drug-likeness (QED) is 0.597. The first-order chi connectivity index (χ1) is 12.7. The predicted molar refractivity (Wildman–Crippen MR) is 90.4 cm³/mol. The number of fused-ring (bicyclic) bond motifs is 2. The van der Waals surface area contributed by atoms with Crippen LogP contribution in [0, 0.1) is 6.92 Å². The molecule has 130 valence electrons. The highest BCUT2D eigenvalue weighted by Gasteiger charge is 2.38. The third-order valence-electron chi connectivity index (χ3n) is 4.61. The van der Waals surface area contributed by atoms with Crippen molar-refractivity contribution >= 4 is 16.9 Å². The first-order valence-corrected chi connectivity index (χ1v) is 8.32. The van der Waals surface area contributed by atoms with E-state index in [4.69, 9.17) is 8.83 Å². The molecule has 4 heterocycles. The second kappa shape index (κ2) is 5.55. The van der Waals surface area contributed by atoms with Gasteiger partial charge in [0, 0.05) is 31.0 Å². The van der Waals surface area contributed by atoms with E-state index in [0.29, 0.717) is 24.6 Å². The number of benzene rings is 1. The number of carbonyl (C=O) groups excluding carboxylic acids is 1. The summed E-state index contributed by atoms with van der Waals surface area (Å²) in [5.74, 6) is 0.655. The zero-order valence-corrected chi connectivity index (χ0v) is 14.0. The molecule has 0 aliphatic carbocycles. The van der Waals surface area contributed by atoms with Crippen molar-refractivity contribution in [3.05, 3.63) is 65.6 Å². The Balaban J connectivity index is 1.63. The lowest BCUT2D eigenvalue weighted by Crippen LogP contribution is -2.40. The molecule has 0 radical (unpaired) electrons. The molecular formula is C18H15N5O3. The van der Waals surface area contributed by atoms with Crippen LogP contribution in [-0.4, -0.2) is 37.5 Å². The lowest BCUT2D eigenvalue weighted by Gasteiger charge is -2.32. The Bertz CT molecular complexity index is 1080. The molecule has 0 bridgehead atoms. The molecule has 1 N–H and O–H groups in total. The van der Waals surface area contributed by atoms with Gasteiger partial charge in [-0.3, -0.25) is 4.79 Å². The van der Waals surface area contributed by atoms with Crippen molar-refractivity contribution in [2.45, 2.75) is 19.4 Å². The third kappa shape index (κ3) is 2.22. The molecule has 8 nitrogen and oxygen atoms in total. The second-order valence-electron chi connectivity index (χ2n) is 6.23. The molecular weight excluding hydrogens is 334 g/mol. The van der Waals surface area contributed by atoms with Gasteiger partial charge in [0.15, 0.2) is 0 Å². The highest BCUT2D eigenvalue weighted by molar-refractivity contribution is 5.90. The molecule has 5 rings (SSSR count). The van der Waals surface area contributed by atoms with Gasteiger partial charge in [-0.25, -0.2) is 4.98 Å². The number of hydrogen-bond donors (Lipinski definition) is 1. The minimum absolute atomic E-state index is 0.0254. The molecule has 26 heavy (non-hydrogen) atoms. The van der Waals surface area contributed by atoms with Gasteiger partial charge in [0.05, 0.1) is 12.0 Å². The Morgan fingerprint density at radius 2 is 2.15 bits per heavy atom. The molecule has 8 heteroatoms. The molecule has 0 unspecified atom stereocenters. The largest absolute Gasteiger partial charge is 0.458 e. The lowest BCUT2D eigenvalue weighted by molar-refractivity contribution is 0.0630. The van der Waals surface area contributed by atoms with Crippen molar-refractivity contribution in [2.24, 2.45) is 0 Å². The maximum absolute atomic E-state index is 13.0. The number of rotatable bonds is 2. The molecule has 1 atom stereocenters. The van der Waals surface area contributed by atoms with Gasteiger partial charge in [-0.05, 0) is 12.1 Å². The van der Waals surface area contributed by atoms with Crippen molar-refractivity contribution in [3.8, 4) is 0 Å². The van der Waals surface area contributed by atoms with E-state index in [1.54, 1.807) is 18.2 Å². The van der Waals surface area contributed by atoms with Gasteiger partial charge in [0.2, 0.25) is 5.89 Å². The molecule has 1 amide bonds. The third-order valence-corrected chi connectivity index (χ3v) is 4.61. The van der Waals surface area contributed by atoms with Crippen molar-refractivity contribution in [1.29, 1.82) is 0 Å². The summed E-state index contributed by atoms with van der Waals surface area (Å²) >= 11 is 0. The fourth-order valence-electron chi connectivity index (χ4n) is 3.43. The molecule has 1 aliphatic heterocycles. The number of H-pyrrole nitrogens is 1. The van der Waals surface area contributed by atoms with Crippen LogP contribution in [0.4, 0.5) is 0 Å². The number of aromatic amines is 1. The van der Waals surface area contributed by atoms with Crippen LogP contribution >= 0.6 is 0 Å². The number of nitrogens with zero attached hydrogens (tertiary/aromatic N) is 4. The van der Waals surface area contributed by atoms with Gasteiger partial charge in [-0.15, -0.1) is 10.2 Å². The number of imidazole rings is 1. The zero-order chi connectivity index (χ0) is 17.7. The van der Waals surface area contributed by atoms with Gasteiger partial charge in [-0.2, -0.15) is 0 Å². The van der Waals surface area contributed by atoms with E-state index >= 15 is 0 Å². The summed E-state index contributed by atoms with van der Waals surface area (Å²) in [7, 11) is 0. The Morgan fingerprint density at radius 1 is 1.27 bits per heavy atom. The maximum atomic E-state index is 13.0. The van der Waals surface area contributed by atoms with Gasteiger partial charge in [0.1, 0.15) is 17.4 Å². The van der Waals surface area contributed by atoms with Crippen LogP contribution in [0.5, 0.6) is 0 Å².